The van der Waals surface area contributed by atoms with Crippen molar-refractivity contribution in [3.8, 4) is 11.8 Å². The van der Waals surface area contributed by atoms with E-state index < -0.39 is 0 Å². The van der Waals surface area contributed by atoms with Gasteiger partial charge in [0.25, 0.3) is 0 Å². The minimum atomic E-state index is 0.123. The fraction of sp³-hybridized carbons (Fsp3) is 0.300. The van der Waals surface area contributed by atoms with Gasteiger partial charge in [-0.25, -0.2) is 0 Å². The molecule has 0 bridgehead atoms. The molecule has 1 aromatic carbocycles. The lowest BCUT2D eigenvalue weighted by molar-refractivity contribution is 0.410. The Morgan fingerprint density at radius 3 is 2.69 bits per heavy atom. The van der Waals surface area contributed by atoms with Gasteiger partial charge in [0.05, 0.1) is 18.7 Å². The summed E-state index contributed by atoms with van der Waals surface area (Å²) in [5, 5.41) is 8.86. The predicted molar refractivity (Wildman–Crippen MR) is 55.1 cm³/mol. The van der Waals surface area contributed by atoms with Gasteiger partial charge in [-0.15, -0.1) is 0 Å². The Hall–Kier alpha value is -1.01. The highest BCUT2D eigenvalue weighted by Gasteiger charge is 2.12. The third-order valence-corrected chi connectivity index (χ3v) is 2.26. The normalized spacial score (nSPS) is 11.8. The Labute approximate surface area is 86.3 Å². The van der Waals surface area contributed by atoms with E-state index in [9.17, 15) is 0 Å². The Morgan fingerprint density at radius 1 is 1.54 bits per heavy atom. The molecule has 3 heteroatoms. The highest BCUT2D eigenvalue weighted by molar-refractivity contribution is 9.09. The molecule has 1 aromatic rings. The minimum absolute atomic E-state index is 0.123. The van der Waals surface area contributed by atoms with Crippen LogP contribution in [0.25, 0.3) is 0 Å². The zero-order valence-corrected chi connectivity index (χ0v) is 9.13. The van der Waals surface area contributed by atoms with E-state index in [2.05, 4.69) is 22.0 Å². The minimum Gasteiger partial charge on any atom is -0.496 e. The maximum Gasteiger partial charge on any atom is 0.124 e. The largest absolute Gasteiger partial charge is 0.496 e. The summed E-state index contributed by atoms with van der Waals surface area (Å²) in [6.45, 7) is 1.97. The van der Waals surface area contributed by atoms with Gasteiger partial charge in [0.2, 0.25) is 0 Å². The molecule has 0 heterocycles. The lowest BCUT2D eigenvalue weighted by Gasteiger charge is -2.11. The van der Waals surface area contributed by atoms with E-state index in [4.69, 9.17) is 10.00 Å². The van der Waals surface area contributed by atoms with Crippen LogP contribution < -0.4 is 4.74 Å². The van der Waals surface area contributed by atoms with Crippen molar-refractivity contribution < 1.29 is 4.74 Å². The van der Waals surface area contributed by atoms with Crippen LogP contribution in [0.4, 0.5) is 0 Å². The molecule has 68 valence electrons. The Bertz CT molecular complexity index is 341. The van der Waals surface area contributed by atoms with Crippen molar-refractivity contribution >= 4 is 15.9 Å². The molecule has 0 saturated heterocycles. The van der Waals surface area contributed by atoms with Crippen LogP contribution in [-0.4, -0.2) is 7.11 Å². The predicted octanol–water partition coefficient (Wildman–Crippen LogP) is 3.02. The molecule has 0 amide bonds. The molecule has 1 unspecified atom stereocenters. The van der Waals surface area contributed by atoms with Gasteiger partial charge in [-0.05, 0) is 19.1 Å². The monoisotopic (exact) mass is 239 g/mol. The summed E-state index contributed by atoms with van der Waals surface area (Å²) in [5.74, 6) is 0.753. The number of rotatable bonds is 2. The van der Waals surface area contributed by atoms with Crippen molar-refractivity contribution in [2.45, 2.75) is 11.8 Å². The van der Waals surface area contributed by atoms with Gasteiger partial charge in [-0.3, -0.25) is 0 Å². The number of benzene rings is 1. The zero-order valence-electron chi connectivity index (χ0n) is 7.54. The molecule has 1 atom stereocenters. The van der Waals surface area contributed by atoms with Crippen LogP contribution in [-0.2, 0) is 0 Å². The van der Waals surface area contributed by atoms with Gasteiger partial charge in [-0.1, -0.05) is 22.0 Å². The Kier molecular flexibility index (Phi) is 3.32. The topological polar surface area (TPSA) is 33.0 Å². The molecule has 0 radical (unpaired) electrons. The fourth-order valence-electron chi connectivity index (χ4n) is 1.23. The maximum absolute atomic E-state index is 8.86. The van der Waals surface area contributed by atoms with E-state index in [-0.39, 0.29) is 4.83 Å². The zero-order chi connectivity index (χ0) is 9.84. The van der Waals surface area contributed by atoms with E-state index in [1.165, 1.54) is 0 Å². The molecule has 13 heavy (non-hydrogen) atoms. The molecular formula is C10H10BrNO. The third kappa shape index (κ3) is 2.02. The highest BCUT2D eigenvalue weighted by Crippen LogP contribution is 2.33. The summed E-state index contributed by atoms with van der Waals surface area (Å²) in [6, 6.07) is 7.60. The number of alkyl halides is 1. The number of nitriles is 1. The van der Waals surface area contributed by atoms with Gasteiger partial charge in [-0.2, -0.15) is 5.26 Å². The summed E-state index contributed by atoms with van der Waals surface area (Å²) in [6.07, 6.45) is 0. The van der Waals surface area contributed by atoms with Crippen molar-refractivity contribution in [2.75, 3.05) is 7.11 Å². The van der Waals surface area contributed by atoms with Crippen LogP contribution in [0.1, 0.15) is 22.9 Å². The quantitative estimate of drug-likeness (QED) is 0.744. The van der Waals surface area contributed by atoms with Crippen LogP contribution in [0.5, 0.6) is 5.75 Å². The molecule has 0 N–H and O–H groups in total. The first-order chi connectivity index (χ1) is 6.20. The van der Waals surface area contributed by atoms with Crippen LogP contribution in [0.2, 0.25) is 0 Å². The third-order valence-electron chi connectivity index (χ3n) is 1.80. The second kappa shape index (κ2) is 4.29. The first-order valence-corrected chi connectivity index (χ1v) is 4.83. The van der Waals surface area contributed by atoms with E-state index in [0.717, 1.165) is 11.3 Å². The highest BCUT2D eigenvalue weighted by atomic mass is 79.9. The van der Waals surface area contributed by atoms with Gasteiger partial charge in [0.15, 0.2) is 0 Å². The van der Waals surface area contributed by atoms with Crippen LogP contribution >= 0.6 is 15.9 Å². The second-order valence-electron chi connectivity index (χ2n) is 2.65. The van der Waals surface area contributed by atoms with Crippen molar-refractivity contribution in [2.24, 2.45) is 0 Å². The van der Waals surface area contributed by atoms with Crippen molar-refractivity contribution in [1.29, 1.82) is 5.26 Å². The SMILES string of the molecule is COc1cccc(C#N)c1C(C)Br. The summed E-state index contributed by atoms with van der Waals surface area (Å²) in [5.41, 5.74) is 1.57. The molecule has 0 aliphatic rings. The molecule has 0 fully saturated rings. The molecule has 0 spiro atoms. The fourth-order valence-corrected chi connectivity index (χ4v) is 1.70. The molecule has 1 rings (SSSR count). The lowest BCUT2D eigenvalue weighted by Crippen LogP contribution is -1.95. The number of halogens is 1. The van der Waals surface area contributed by atoms with Gasteiger partial charge >= 0.3 is 0 Å². The number of ether oxygens (including phenoxy) is 1. The average Bonchev–Trinajstić information content (AvgIpc) is 2.16. The second-order valence-corrected chi connectivity index (χ2v) is 4.02. The summed E-state index contributed by atoms with van der Waals surface area (Å²) >= 11 is 3.43. The molecule has 0 aliphatic carbocycles. The number of hydrogen-bond donors (Lipinski definition) is 0. The van der Waals surface area contributed by atoms with E-state index >= 15 is 0 Å². The maximum atomic E-state index is 8.86. The first-order valence-electron chi connectivity index (χ1n) is 3.91. The van der Waals surface area contributed by atoms with Crippen molar-refractivity contribution in [3.63, 3.8) is 0 Å². The van der Waals surface area contributed by atoms with E-state index in [0.29, 0.717) is 5.56 Å². The van der Waals surface area contributed by atoms with Gasteiger partial charge in [0.1, 0.15) is 5.75 Å². The molecule has 0 saturated carbocycles. The van der Waals surface area contributed by atoms with E-state index in [1.807, 2.05) is 19.1 Å². The molecular weight excluding hydrogens is 230 g/mol. The van der Waals surface area contributed by atoms with E-state index in [1.54, 1.807) is 13.2 Å². The average molecular weight is 240 g/mol. The first kappa shape index (κ1) is 10.1. The Morgan fingerprint density at radius 2 is 2.23 bits per heavy atom. The summed E-state index contributed by atoms with van der Waals surface area (Å²) in [4.78, 5) is 0.123. The summed E-state index contributed by atoms with van der Waals surface area (Å²) in [7, 11) is 1.61. The molecule has 0 aromatic heterocycles. The number of nitrogens with zero attached hydrogens (tertiary/aromatic N) is 1. The van der Waals surface area contributed by atoms with Crippen LogP contribution in [0, 0.1) is 11.3 Å². The van der Waals surface area contributed by atoms with Crippen LogP contribution in [0.15, 0.2) is 18.2 Å². The summed E-state index contributed by atoms with van der Waals surface area (Å²) < 4.78 is 5.17. The molecule has 0 aliphatic heterocycles. The van der Waals surface area contributed by atoms with Crippen molar-refractivity contribution in [1.82, 2.24) is 0 Å². The van der Waals surface area contributed by atoms with Gasteiger partial charge in [0, 0.05) is 10.4 Å². The van der Waals surface area contributed by atoms with Crippen molar-refractivity contribution in [3.05, 3.63) is 29.3 Å². The standard InChI is InChI=1S/C10H10BrNO/c1-7(11)10-8(6-12)4-3-5-9(10)13-2/h3-5,7H,1-2H3. The van der Waals surface area contributed by atoms with Crippen LogP contribution in [0.3, 0.4) is 0 Å². The Balaban J connectivity index is 3.32. The number of hydrogen-bond acceptors (Lipinski definition) is 2. The molecule has 2 nitrogen and oxygen atoms in total. The lowest BCUT2D eigenvalue weighted by atomic mass is 10.1. The smallest absolute Gasteiger partial charge is 0.124 e. The van der Waals surface area contributed by atoms with Gasteiger partial charge < -0.3 is 4.74 Å². The number of methoxy groups -OCH3 is 1.